The molecule has 25 heavy (non-hydrogen) atoms. The first kappa shape index (κ1) is 19.3. The zero-order valence-corrected chi connectivity index (χ0v) is 15.7. The summed E-state index contributed by atoms with van der Waals surface area (Å²) in [5, 5.41) is 3.93. The van der Waals surface area contributed by atoms with Crippen molar-refractivity contribution < 1.29 is 4.79 Å². The molecule has 132 valence electrons. The molecule has 1 amide bonds. The van der Waals surface area contributed by atoms with Crippen molar-refractivity contribution in [3.05, 3.63) is 66.2 Å². The fourth-order valence-electron chi connectivity index (χ4n) is 2.26. The van der Waals surface area contributed by atoms with Crippen molar-refractivity contribution >= 4 is 35.0 Å². The molecule has 0 aromatic heterocycles. The van der Waals surface area contributed by atoms with Gasteiger partial charge in [-0.3, -0.25) is 4.79 Å². The molecule has 3 N–H and O–H groups in total. The molecule has 0 saturated heterocycles. The number of rotatable bonds is 9. The minimum Gasteiger partial charge on any atom is -0.370 e. The Kier molecular flexibility index (Phi) is 8.28. The third-order valence-electron chi connectivity index (χ3n) is 3.52. The molecule has 0 bridgehead atoms. The van der Waals surface area contributed by atoms with Gasteiger partial charge >= 0.3 is 0 Å². The summed E-state index contributed by atoms with van der Waals surface area (Å²) in [4.78, 5) is 14.4. The van der Waals surface area contributed by atoms with Gasteiger partial charge in [-0.1, -0.05) is 48.5 Å². The van der Waals surface area contributed by atoms with E-state index in [2.05, 4.69) is 17.4 Å². The smallest absolute Gasteiger partial charge is 0.219 e. The van der Waals surface area contributed by atoms with E-state index in [1.54, 1.807) is 11.8 Å². The molecule has 2 aromatic rings. The van der Waals surface area contributed by atoms with Crippen molar-refractivity contribution in [1.82, 2.24) is 10.2 Å². The summed E-state index contributed by atoms with van der Waals surface area (Å²) in [6.07, 6.45) is 0.285. The number of amides is 1. The van der Waals surface area contributed by atoms with Crippen LogP contribution in [0.4, 0.5) is 0 Å². The monoisotopic (exact) mass is 373 g/mol. The van der Waals surface area contributed by atoms with Crippen molar-refractivity contribution in [3.63, 3.8) is 0 Å². The van der Waals surface area contributed by atoms with Crippen molar-refractivity contribution in [2.75, 3.05) is 18.8 Å². The largest absolute Gasteiger partial charge is 0.370 e. The van der Waals surface area contributed by atoms with E-state index in [0.29, 0.717) is 18.2 Å². The van der Waals surface area contributed by atoms with Crippen molar-refractivity contribution in [1.29, 1.82) is 0 Å². The van der Waals surface area contributed by atoms with E-state index in [-0.39, 0.29) is 12.3 Å². The predicted octanol–water partition coefficient (Wildman–Crippen LogP) is 3.03. The lowest BCUT2D eigenvalue weighted by Gasteiger charge is -2.25. The summed E-state index contributed by atoms with van der Waals surface area (Å²) in [7, 11) is 0. The van der Waals surface area contributed by atoms with Gasteiger partial charge in [-0.15, -0.1) is 11.8 Å². The average molecular weight is 374 g/mol. The highest BCUT2D eigenvalue weighted by atomic mass is 32.2. The highest BCUT2D eigenvalue weighted by Crippen LogP contribution is 2.15. The van der Waals surface area contributed by atoms with Gasteiger partial charge in [-0.05, 0) is 29.9 Å². The summed E-state index contributed by atoms with van der Waals surface area (Å²) in [5.74, 6) is 0.597. The number of carbonyl (C=O) groups excluding carboxylic acids is 1. The Bertz CT molecular complexity index is 665. The quantitative estimate of drug-likeness (QED) is 0.402. The van der Waals surface area contributed by atoms with Crippen LogP contribution in [0.5, 0.6) is 0 Å². The van der Waals surface area contributed by atoms with Crippen LogP contribution in [0.15, 0.2) is 65.6 Å². The molecule has 0 aliphatic heterocycles. The molecule has 0 atom stereocenters. The molecule has 0 unspecified atom stereocenters. The molecular formula is C19H23N3OS2. The number of hydrogen-bond donors (Lipinski definition) is 2. The van der Waals surface area contributed by atoms with Crippen LogP contribution in [-0.2, 0) is 11.3 Å². The third kappa shape index (κ3) is 7.58. The molecule has 0 fully saturated rings. The number of thioether (sulfide) groups is 1. The maximum Gasteiger partial charge on any atom is 0.219 e. The van der Waals surface area contributed by atoms with Crippen molar-refractivity contribution in [2.45, 2.75) is 17.9 Å². The van der Waals surface area contributed by atoms with Crippen LogP contribution in [-0.4, -0.2) is 34.8 Å². The SMILES string of the molecule is NC(=O)CCN(Cc1ccccc1)C(=S)NCCSc1ccccc1. The molecule has 0 heterocycles. The van der Waals surface area contributed by atoms with Crippen LogP contribution in [0.2, 0.25) is 0 Å². The minimum atomic E-state index is -0.319. The second-order valence-corrected chi connectivity index (χ2v) is 7.07. The van der Waals surface area contributed by atoms with E-state index in [0.717, 1.165) is 17.9 Å². The maximum atomic E-state index is 11.1. The molecule has 0 radical (unpaired) electrons. The van der Waals surface area contributed by atoms with Gasteiger partial charge in [0.1, 0.15) is 0 Å². The van der Waals surface area contributed by atoms with E-state index in [9.17, 15) is 4.79 Å². The van der Waals surface area contributed by atoms with Crippen LogP contribution in [0.3, 0.4) is 0 Å². The van der Waals surface area contributed by atoms with Gasteiger partial charge in [0.2, 0.25) is 5.91 Å². The fraction of sp³-hybridized carbons (Fsp3) is 0.263. The van der Waals surface area contributed by atoms with Gasteiger partial charge in [0, 0.05) is 36.7 Å². The molecule has 0 spiro atoms. The Hall–Kier alpha value is -2.05. The fourth-order valence-corrected chi connectivity index (χ4v) is 3.30. The van der Waals surface area contributed by atoms with Crippen LogP contribution >= 0.6 is 24.0 Å². The van der Waals surface area contributed by atoms with E-state index < -0.39 is 0 Å². The first-order valence-corrected chi connectivity index (χ1v) is 9.57. The van der Waals surface area contributed by atoms with Crippen LogP contribution in [0.1, 0.15) is 12.0 Å². The molecule has 2 rings (SSSR count). The Labute approximate surface area is 158 Å². The van der Waals surface area contributed by atoms with Gasteiger partial charge in [-0.25, -0.2) is 0 Å². The number of nitrogens with two attached hydrogens (primary N) is 1. The number of benzene rings is 2. The topological polar surface area (TPSA) is 58.4 Å². The lowest BCUT2D eigenvalue weighted by atomic mass is 10.2. The standard InChI is InChI=1S/C19H23N3OS2/c20-18(23)11-13-22(15-16-7-3-1-4-8-16)19(24)21-12-14-25-17-9-5-2-6-10-17/h1-10H,11-15H2,(H2,20,23)(H,21,24). The number of nitrogens with one attached hydrogen (secondary N) is 1. The molecule has 6 heteroatoms. The average Bonchev–Trinajstić information content (AvgIpc) is 2.63. The molecule has 0 saturated carbocycles. The normalized spacial score (nSPS) is 10.2. The molecule has 0 aliphatic rings. The molecule has 2 aromatic carbocycles. The summed E-state index contributed by atoms with van der Waals surface area (Å²) in [5.41, 5.74) is 6.44. The van der Waals surface area contributed by atoms with Gasteiger partial charge < -0.3 is 16.0 Å². The third-order valence-corrected chi connectivity index (χ3v) is 4.94. The first-order valence-electron chi connectivity index (χ1n) is 8.18. The molecule has 0 aliphatic carbocycles. The predicted molar refractivity (Wildman–Crippen MR) is 108 cm³/mol. The van der Waals surface area contributed by atoms with E-state index in [1.165, 1.54) is 4.90 Å². The lowest BCUT2D eigenvalue weighted by molar-refractivity contribution is -0.118. The van der Waals surface area contributed by atoms with Gasteiger partial charge in [0.15, 0.2) is 5.11 Å². The van der Waals surface area contributed by atoms with E-state index in [1.807, 2.05) is 53.4 Å². The summed E-state index contributed by atoms with van der Waals surface area (Å²) in [6.45, 7) is 1.94. The van der Waals surface area contributed by atoms with E-state index in [4.69, 9.17) is 18.0 Å². The number of carbonyl (C=O) groups is 1. The zero-order chi connectivity index (χ0) is 17.9. The van der Waals surface area contributed by atoms with Crippen LogP contribution in [0, 0.1) is 0 Å². The second kappa shape index (κ2) is 10.7. The highest BCUT2D eigenvalue weighted by Gasteiger charge is 2.11. The second-order valence-electron chi connectivity index (χ2n) is 5.52. The summed E-state index contributed by atoms with van der Waals surface area (Å²) >= 11 is 7.29. The van der Waals surface area contributed by atoms with Crippen LogP contribution < -0.4 is 11.1 Å². The number of primary amides is 1. The van der Waals surface area contributed by atoms with Crippen molar-refractivity contribution in [2.24, 2.45) is 5.73 Å². The van der Waals surface area contributed by atoms with Crippen LogP contribution in [0.25, 0.3) is 0 Å². The Morgan fingerprint density at radius 2 is 1.72 bits per heavy atom. The number of hydrogen-bond acceptors (Lipinski definition) is 3. The minimum absolute atomic E-state index is 0.285. The maximum absolute atomic E-state index is 11.1. The summed E-state index contributed by atoms with van der Waals surface area (Å²) < 4.78 is 0. The highest BCUT2D eigenvalue weighted by molar-refractivity contribution is 7.99. The Morgan fingerprint density at radius 1 is 1.08 bits per heavy atom. The Morgan fingerprint density at radius 3 is 2.36 bits per heavy atom. The first-order chi connectivity index (χ1) is 12.1. The molecule has 4 nitrogen and oxygen atoms in total. The van der Waals surface area contributed by atoms with Gasteiger partial charge in [0.25, 0.3) is 0 Å². The summed E-state index contributed by atoms with van der Waals surface area (Å²) in [6, 6.07) is 20.3. The zero-order valence-electron chi connectivity index (χ0n) is 14.1. The number of nitrogens with zero attached hydrogens (tertiary/aromatic N) is 1. The number of thiocarbonyl (C=S) groups is 1. The lowest BCUT2D eigenvalue weighted by Crippen LogP contribution is -2.41. The molecular weight excluding hydrogens is 350 g/mol. The van der Waals surface area contributed by atoms with Gasteiger partial charge in [0.05, 0.1) is 0 Å². The van der Waals surface area contributed by atoms with E-state index >= 15 is 0 Å². The Balaban J connectivity index is 1.82. The van der Waals surface area contributed by atoms with Gasteiger partial charge in [-0.2, -0.15) is 0 Å². The van der Waals surface area contributed by atoms with Crippen molar-refractivity contribution in [3.8, 4) is 0 Å².